The lowest BCUT2D eigenvalue weighted by atomic mass is 9.89. The number of hydrogen-bond acceptors (Lipinski definition) is 8. The van der Waals surface area contributed by atoms with Gasteiger partial charge < -0.3 is 33.5 Å². The van der Waals surface area contributed by atoms with Gasteiger partial charge in [0.2, 0.25) is 0 Å². The fourth-order valence-electron chi connectivity index (χ4n) is 7.18. The maximum atomic E-state index is 11.0. The van der Waals surface area contributed by atoms with E-state index in [0.717, 1.165) is 110 Å². The maximum Gasteiger partial charge on any atom is 0.303 e. The van der Waals surface area contributed by atoms with Gasteiger partial charge in [0.05, 0.1) is 18.3 Å². The number of allylic oxidation sites excluding steroid dienone is 2. The van der Waals surface area contributed by atoms with Gasteiger partial charge in [-0.25, -0.2) is 0 Å². The van der Waals surface area contributed by atoms with Crippen molar-refractivity contribution < 1.29 is 38.3 Å². The van der Waals surface area contributed by atoms with E-state index in [9.17, 15) is 4.79 Å². The molecule has 258 valence electrons. The van der Waals surface area contributed by atoms with Crippen LogP contribution in [0.4, 0.5) is 0 Å². The second kappa shape index (κ2) is 19.4. The average molecular weight is 661 g/mol. The molecule has 3 saturated heterocycles. The van der Waals surface area contributed by atoms with Gasteiger partial charge in [-0.05, 0) is 120 Å². The second-order valence-electron chi connectivity index (χ2n) is 13.3. The monoisotopic (exact) mass is 660 g/mol. The standard InChI is InChI=1S/C37H56O8S/c1-27-28(21-25-46-27)17-18-29(43-35-14-6-9-22-40-35)19-20-31-30(12-4-2-3-5-13-34(38)39)32(44-36-15-7-10-23-41-36)26-33(31)45-37-16-8-11-24-42-37/h2,4,19-21,25,29-33,35-37H,3,5-18,22-24,26H2,1H3,(H,38,39)/t29?,30-,31-,32+,33-,35?,36?,37?/m1/s1. The van der Waals surface area contributed by atoms with Gasteiger partial charge in [-0.3, -0.25) is 4.79 Å². The Balaban J connectivity index is 1.34. The summed E-state index contributed by atoms with van der Waals surface area (Å²) in [6.45, 7) is 4.44. The van der Waals surface area contributed by atoms with Crippen LogP contribution in [-0.4, -0.2) is 68.1 Å². The van der Waals surface area contributed by atoms with E-state index in [1.54, 1.807) is 11.3 Å². The normalized spacial score (nSPS) is 31.5. The van der Waals surface area contributed by atoms with Crippen LogP contribution >= 0.6 is 11.3 Å². The van der Waals surface area contributed by atoms with Crippen molar-refractivity contribution in [2.75, 3.05) is 19.8 Å². The molecule has 4 unspecified atom stereocenters. The number of carboxylic acids is 1. The average Bonchev–Trinajstić information content (AvgIpc) is 3.63. The highest BCUT2D eigenvalue weighted by Gasteiger charge is 2.45. The van der Waals surface area contributed by atoms with Gasteiger partial charge in [0.1, 0.15) is 0 Å². The van der Waals surface area contributed by atoms with Crippen LogP contribution in [0.25, 0.3) is 0 Å². The highest BCUT2D eigenvalue weighted by Crippen LogP contribution is 2.42. The van der Waals surface area contributed by atoms with Gasteiger partial charge in [0.15, 0.2) is 18.9 Å². The molecule has 5 rings (SSSR count). The third kappa shape index (κ3) is 11.5. The highest BCUT2D eigenvalue weighted by atomic mass is 32.1. The lowest BCUT2D eigenvalue weighted by molar-refractivity contribution is -0.203. The summed E-state index contributed by atoms with van der Waals surface area (Å²) in [5.74, 6) is -0.439. The Hall–Kier alpha value is -1.59. The van der Waals surface area contributed by atoms with Gasteiger partial charge >= 0.3 is 5.97 Å². The summed E-state index contributed by atoms with van der Waals surface area (Å²) < 4.78 is 38.2. The Morgan fingerprint density at radius 2 is 1.63 bits per heavy atom. The Labute approximate surface area is 279 Å². The van der Waals surface area contributed by atoms with E-state index in [4.69, 9.17) is 33.5 Å². The third-order valence-electron chi connectivity index (χ3n) is 9.81. The first kappa shape index (κ1) is 35.7. The summed E-state index contributed by atoms with van der Waals surface area (Å²) in [5.41, 5.74) is 1.39. The molecule has 3 aliphatic heterocycles. The van der Waals surface area contributed by atoms with Crippen molar-refractivity contribution in [3.8, 4) is 0 Å². The number of thiophene rings is 1. The maximum absolute atomic E-state index is 11.0. The van der Waals surface area contributed by atoms with E-state index in [1.807, 2.05) is 0 Å². The van der Waals surface area contributed by atoms with Gasteiger partial charge in [-0.2, -0.15) is 0 Å². The molecular weight excluding hydrogens is 604 g/mol. The SMILES string of the molecule is Cc1sccc1CCC(C=C[C@@H]1[C@@H](CC=CCCCC(=O)O)[C@@H](OC2CCCCO2)C[C@H]1OC1CCCCO1)OC1CCCCO1. The number of aliphatic carboxylic acids is 1. The molecule has 4 aliphatic rings. The van der Waals surface area contributed by atoms with Gasteiger partial charge in [0, 0.05) is 43.5 Å². The number of carbonyl (C=O) groups is 1. The number of ether oxygens (including phenoxy) is 6. The molecule has 0 aromatic carbocycles. The van der Waals surface area contributed by atoms with Crippen molar-refractivity contribution in [1.82, 2.24) is 0 Å². The number of hydrogen-bond donors (Lipinski definition) is 1. The Kier molecular flexibility index (Phi) is 15.1. The number of unbranched alkanes of at least 4 members (excludes halogenated alkanes) is 1. The summed E-state index contributed by atoms with van der Waals surface area (Å²) in [5, 5.41) is 11.2. The van der Waals surface area contributed by atoms with Crippen LogP contribution in [0.1, 0.15) is 107 Å². The van der Waals surface area contributed by atoms with E-state index in [2.05, 4.69) is 42.7 Å². The molecule has 46 heavy (non-hydrogen) atoms. The van der Waals surface area contributed by atoms with E-state index in [-0.39, 0.29) is 55.4 Å². The molecule has 0 bridgehead atoms. The van der Waals surface area contributed by atoms with Crippen molar-refractivity contribution in [1.29, 1.82) is 0 Å². The highest BCUT2D eigenvalue weighted by molar-refractivity contribution is 7.10. The summed E-state index contributed by atoms with van der Waals surface area (Å²) in [7, 11) is 0. The van der Waals surface area contributed by atoms with E-state index in [1.165, 1.54) is 10.4 Å². The van der Waals surface area contributed by atoms with Crippen LogP contribution in [0.3, 0.4) is 0 Å². The van der Waals surface area contributed by atoms with Gasteiger partial charge in [0.25, 0.3) is 0 Å². The minimum Gasteiger partial charge on any atom is -0.481 e. The molecule has 1 saturated carbocycles. The first-order valence-electron chi connectivity index (χ1n) is 17.9. The zero-order chi connectivity index (χ0) is 32.0. The minimum absolute atomic E-state index is 0.00971. The predicted molar refractivity (Wildman–Crippen MR) is 179 cm³/mol. The zero-order valence-corrected chi connectivity index (χ0v) is 28.5. The lowest BCUT2D eigenvalue weighted by Gasteiger charge is -2.30. The molecule has 8 nitrogen and oxygen atoms in total. The summed E-state index contributed by atoms with van der Waals surface area (Å²) in [6, 6.07) is 2.23. The first-order chi connectivity index (χ1) is 22.5. The molecule has 0 amide bonds. The predicted octanol–water partition coefficient (Wildman–Crippen LogP) is 8.12. The molecule has 8 atom stereocenters. The molecule has 4 heterocycles. The van der Waals surface area contributed by atoms with Gasteiger partial charge in [-0.1, -0.05) is 24.3 Å². The molecule has 0 radical (unpaired) electrons. The molecule has 1 aliphatic carbocycles. The molecule has 1 N–H and O–H groups in total. The summed E-state index contributed by atoms with van der Waals surface area (Å²) in [6.07, 6.45) is 22.8. The van der Waals surface area contributed by atoms with E-state index in [0.29, 0.717) is 6.42 Å². The number of carboxylic acid groups (broad SMARTS) is 1. The molecule has 9 heteroatoms. The largest absolute Gasteiger partial charge is 0.481 e. The molecule has 0 spiro atoms. The molecule has 1 aromatic rings. The summed E-state index contributed by atoms with van der Waals surface area (Å²) in [4.78, 5) is 12.4. The Morgan fingerprint density at radius 1 is 0.957 bits per heavy atom. The lowest BCUT2D eigenvalue weighted by Crippen LogP contribution is -2.31. The first-order valence-corrected chi connectivity index (χ1v) is 18.8. The molecule has 4 fully saturated rings. The molecular formula is C37H56O8S. The van der Waals surface area contributed by atoms with E-state index >= 15 is 0 Å². The van der Waals surface area contributed by atoms with Crippen molar-refractivity contribution in [3.63, 3.8) is 0 Å². The van der Waals surface area contributed by atoms with E-state index < -0.39 is 5.97 Å². The van der Waals surface area contributed by atoms with Crippen molar-refractivity contribution in [2.45, 2.75) is 147 Å². The van der Waals surface area contributed by atoms with Crippen LogP contribution in [0.5, 0.6) is 0 Å². The summed E-state index contributed by atoms with van der Waals surface area (Å²) >= 11 is 1.80. The Bertz CT molecular complexity index is 1070. The Morgan fingerprint density at radius 3 is 2.24 bits per heavy atom. The molecule has 1 aromatic heterocycles. The zero-order valence-electron chi connectivity index (χ0n) is 27.7. The van der Waals surface area contributed by atoms with Crippen molar-refractivity contribution >= 4 is 17.3 Å². The number of aryl methyl sites for hydroxylation is 2. The van der Waals surface area contributed by atoms with Crippen LogP contribution < -0.4 is 0 Å². The van der Waals surface area contributed by atoms with Crippen LogP contribution in [-0.2, 0) is 39.6 Å². The smallest absolute Gasteiger partial charge is 0.303 e. The topological polar surface area (TPSA) is 92.7 Å². The van der Waals surface area contributed by atoms with Crippen LogP contribution in [0.2, 0.25) is 0 Å². The number of rotatable bonds is 17. The van der Waals surface area contributed by atoms with Crippen molar-refractivity contribution in [3.05, 3.63) is 46.2 Å². The van der Waals surface area contributed by atoms with Crippen LogP contribution in [0.15, 0.2) is 35.8 Å². The quantitative estimate of drug-likeness (QED) is 0.132. The van der Waals surface area contributed by atoms with Crippen molar-refractivity contribution in [2.24, 2.45) is 11.8 Å². The third-order valence-corrected chi connectivity index (χ3v) is 10.7. The van der Waals surface area contributed by atoms with Gasteiger partial charge in [-0.15, -0.1) is 11.3 Å². The fraction of sp³-hybridized carbons (Fsp3) is 0.757. The fourth-order valence-corrected chi connectivity index (χ4v) is 7.93. The minimum atomic E-state index is -0.746. The van der Waals surface area contributed by atoms with Crippen LogP contribution in [0, 0.1) is 18.8 Å². The second-order valence-corrected chi connectivity index (χ2v) is 14.4.